The molecule has 1 aromatic rings. The maximum atomic E-state index is 12.5. The van der Waals surface area contributed by atoms with Crippen LogP contribution in [0.1, 0.15) is 45.7 Å². The first-order chi connectivity index (χ1) is 10.8. The van der Waals surface area contributed by atoms with Crippen LogP contribution in [0.5, 0.6) is 0 Å². The van der Waals surface area contributed by atoms with Crippen molar-refractivity contribution in [3.8, 4) is 0 Å². The summed E-state index contributed by atoms with van der Waals surface area (Å²) in [5, 5.41) is 0.610. The number of nitrogens with zero attached hydrogens (tertiary/aromatic N) is 2. The number of aryl methyl sites for hydroxylation is 1. The molecule has 1 saturated heterocycles. The van der Waals surface area contributed by atoms with E-state index >= 15 is 0 Å². The van der Waals surface area contributed by atoms with Crippen molar-refractivity contribution in [3.05, 3.63) is 29.0 Å². The highest BCUT2D eigenvalue weighted by Crippen LogP contribution is 2.23. The predicted molar refractivity (Wildman–Crippen MR) is 88.5 cm³/mol. The fourth-order valence-electron chi connectivity index (χ4n) is 2.64. The van der Waals surface area contributed by atoms with Gasteiger partial charge in [-0.05, 0) is 52.2 Å². The maximum Gasteiger partial charge on any atom is 0.410 e. The van der Waals surface area contributed by atoms with Gasteiger partial charge in [0.1, 0.15) is 5.60 Å². The zero-order valence-electron chi connectivity index (χ0n) is 13.8. The molecule has 1 aliphatic heterocycles. The van der Waals surface area contributed by atoms with Gasteiger partial charge >= 0.3 is 6.09 Å². The molecule has 2 rings (SSSR count). The molecular formula is C17H23ClN2O3. The third-order valence-corrected chi connectivity index (χ3v) is 3.89. The van der Waals surface area contributed by atoms with Crippen LogP contribution in [0.2, 0.25) is 5.02 Å². The Balaban J connectivity index is 1.94. The smallest absolute Gasteiger partial charge is 0.410 e. The lowest BCUT2D eigenvalue weighted by atomic mass is 10.0. The topological polar surface area (TPSA) is 59.5 Å². The summed E-state index contributed by atoms with van der Waals surface area (Å²) in [6.45, 7) is 6.04. The third-order valence-electron chi connectivity index (χ3n) is 3.66. The number of halogens is 1. The lowest BCUT2D eigenvalue weighted by Gasteiger charge is -2.28. The Morgan fingerprint density at radius 1 is 1.43 bits per heavy atom. The van der Waals surface area contributed by atoms with E-state index in [9.17, 15) is 9.59 Å². The molecule has 0 N–H and O–H groups in total. The number of likely N-dealkylation sites (tertiary alicyclic amines) is 1. The Kier molecular flexibility index (Phi) is 5.63. The number of hydrogen-bond acceptors (Lipinski definition) is 4. The molecule has 5 nitrogen and oxygen atoms in total. The van der Waals surface area contributed by atoms with Crippen molar-refractivity contribution < 1.29 is 14.3 Å². The van der Waals surface area contributed by atoms with Crippen LogP contribution in [0.4, 0.5) is 4.79 Å². The van der Waals surface area contributed by atoms with Gasteiger partial charge in [0.2, 0.25) is 0 Å². The minimum absolute atomic E-state index is 0.0511. The van der Waals surface area contributed by atoms with Crippen LogP contribution in [0.15, 0.2) is 18.3 Å². The number of Topliss-reactive ketones (excluding diaryl/α,β-unsaturated/α-hetero) is 1. The van der Waals surface area contributed by atoms with Gasteiger partial charge in [0.15, 0.2) is 5.78 Å². The SMILES string of the molecule is CC(C)(C)OC(=O)N1CCC[C@H]1C(=O)CCc1cc(Cl)ccn1. The fraction of sp³-hybridized carbons (Fsp3) is 0.588. The molecule has 0 aromatic carbocycles. The van der Waals surface area contributed by atoms with Crippen LogP contribution in [0.3, 0.4) is 0 Å². The highest BCUT2D eigenvalue weighted by Gasteiger charge is 2.36. The van der Waals surface area contributed by atoms with Crippen LogP contribution in [0, 0.1) is 0 Å². The molecule has 0 spiro atoms. The van der Waals surface area contributed by atoms with E-state index < -0.39 is 11.7 Å². The minimum Gasteiger partial charge on any atom is -0.444 e. The first kappa shape index (κ1) is 17.7. The third kappa shape index (κ3) is 5.20. The Hall–Kier alpha value is -1.62. The maximum absolute atomic E-state index is 12.5. The molecule has 1 fully saturated rings. The zero-order chi connectivity index (χ0) is 17.0. The van der Waals surface area contributed by atoms with Crippen molar-refractivity contribution in [2.75, 3.05) is 6.54 Å². The second-order valence-corrected chi connectivity index (χ2v) is 7.20. The van der Waals surface area contributed by atoms with E-state index in [1.165, 1.54) is 0 Å². The van der Waals surface area contributed by atoms with Crippen molar-refractivity contribution in [2.45, 2.75) is 58.1 Å². The number of ether oxygens (including phenoxy) is 1. The molecule has 0 unspecified atom stereocenters. The van der Waals surface area contributed by atoms with Crippen molar-refractivity contribution >= 4 is 23.5 Å². The van der Waals surface area contributed by atoms with Crippen LogP contribution < -0.4 is 0 Å². The van der Waals surface area contributed by atoms with Crippen molar-refractivity contribution in [1.82, 2.24) is 9.88 Å². The van der Waals surface area contributed by atoms with Crippen molar-refractivity contribution in [2.24, 2.45) is 0 Å². The quantitative estimate of drug-likeness (QED) is 0.841. The fourth-order valence-corrected chi connectivity index (χ4v) is 2.83. The van der Waals surface area contributed by atoms with Crippen LogP contribution in [-0.2, 0) is 16.0 Å². The predicted octanol–water partition coefficient (Wildman–Crippen LogP) is 3.64. The number of carbonyl (C=O) groups is 2. The Labute approximate surface area is 142 Å². The average Bonchev–Trinajstić information content (AvgIpc) is 2.92. The van der Waals surface area contributed by atoms with Gasteiger partial charge in [-0.25, -0.2) is 4.79 Å². The Bertz CT molecular complexity index is 583. The van der Waals surface area contributed by atoms with Crippen LogP contribution in [-0.4, -0.2) is 39.9 Å². The molecule has 0 aliphatic carbocycles. The van der Waals surface area contributed by atoms with E-state index in [0.29, 0.717) is 30.8 Å². The summed E-state index contributed by atoms with van der Waals surface area (Å²) < 4.78 is 5.39. The van der Waals surface area contributed by atoms with E-state index in [1.54, 1.807) is 23.2 Å². The van der Waals surface area contributed by atoms with Gasteiger partial charge < -0.3 is 4.74 Å². The lowest BCUT2D eigenvalue weighted by Crippen LogP contribution is -2.43. The summed E-state index contributed by atoms with van der Waals surface area (Å²) in [4.78, 5) is 30.4. The summed E-state index contributed by atoms with van der Waals surface area (Å²) in [5.74, 6) is 0.0511. The number of carbonyl (C=O) groups excluding carboxylic acids is 2. The molecule has 126 valence electrons. The van der Waals surface area contributed by atoms with Crippen LogP contribution in [0.25, 0.3) is 0 Å². The van der Waals surface area contributed by atoms with Gasteiger partial charge in [0, 0.05) is 29.9 Å². The van der Waals surface area contributed by atoms with Gasteiger partial charge in [-0.2, -0.15) is 0 Å². The molecule has 1 amide bonds. The van der Waals surface area contributed by atoms with E-state index in [2.05, 4.69) is 4.98 Å². The minimum atomic E-state index is -0.558. The molecule has 0 saturated carbocycles. The number of aromatic nitrogens is 1. The molecular weight excluding hydrogens is 316 g/mol. The summed E-state index contributed by atoms with van der Waals surface area (Å²) in [7, 11) is 0. The lowest BCUT2D eigenvalue weighted by molar-refractivity contribution is -0.123. The Morgan fingerprint density at radius 3 is 2.83 bits per heavy atom. The molecule has 1 aromatic heterocycles. The summed E-state index contributed by atoms with van der Waals surface area (Å²) in [6, 6.07) is 3.08. The molecule has 23 heavy (non-hydrogen) atoms. The Morgan fingerprint density at radius 2 is 2.17 bits per heavy atom. The molecule has 6 heteroatoms. The van der Waals surface area contributed by atoms with E-state index in [0.717, 1.165) is 12.1 Å². The summed E-state index contributed by atoms with van der Waals surface area (Å²) in [6.07, 6.45) is 3.61. The van der Waals surface area contributed by atoms with Gasteiger partial charge in [-0.1, -0.05) is 11.6 Å². The highest BCUT2D eigenvalue weighted by molar-refractivity contribution is 6.30. The number of amides is 1. The number of hydrogen-bond donors (Lipinski definition) is 0. The average molecular weight is 339 g/mol. The number of ketones is 1. The second-order valence-electron chi connectivity index (χ2n) is 6.76. The van der Waals surface area contributed by atoms with Crippen molar-refractivity contribution in [3.63, 3.8) is 0 Å². The molecule has 2 heterocycles. The highest BCUT2D eigenvalue weighted by atomic mass is 35.5. The van der Waals surface area contributed by atoms with Crippen LogP contribution >= 0.6 is 11.6 Å². The van der Waals surface area contributed by atoms with Crippen molar-refractivity contribution in [1.29, 1.82) is 0 Å². The summed E-state index contributed by atoms with van der Waals surface area (Å²) in [5.41, 5.74) is 0.227. The first-order valence-corrected chi connectivity index (χ1v) is 8.27. The zero-order valence-corrected chi connectivity index (χ0v) is 14.6. The first-order valence-electron chi connectivity index (χ1n) is 7.89. The molecule has 1 atom stereocenters. The second kappa shape index (κ2) is 7.30. The van der Waals surface area contributed by atoms with E-state index in [1.807, 2.05) is 20.8 Å². The standard InChI is InChI=1S/C17H23ClN2O3/c1-17(2,3)23-16(22)20-10-4-5-14(20)15(21)7-6-13-11-12(18)8-9-19-13/h8-9,11,14H,4-7,10H2,1-3H3/t14-/m0/s1. The van der Waals surface area contributed by atoms with Gasteiger partial charge in [-0.3, -0.25) is 14.7 Å². The monoisotopic (exact) mass is 338 g/mol. The molecule has 0 bridgehead atoms. The van der Waals surface area contributed by atoms with E-state index in [-0.39, 0.29) is 11.8 Å². The van der Waals surface area contributed by atoms with Gasteiger partial charge in [-0.15, -0.1) is 0 Å². The number of pyridine rings is 1. The van der Waals surface area contributed by atoms with E-state index in [4.69, 9.17) is 16.3 Å². The summed E-state index contributed by atoms with van der Waals surface area (Å²) >= 11 is 5.92. The molecule has 0 radical (unpaired) electrons. The van der Waals surface area contributed by atoms with Gasteiger partial charge in [0.25, 0.3) is 0 Å². The molecule has 1 aliphatic rings. The number of rotatable bonds is 4. The normalized spacial score (nSPS) is 18.1. The van der Waals surface area contributed by atoms with Gasteiger partial charge in [0.05, 0.1) is 6.04 Å². The largest absolute Gasteiger partial charge is 0.444 e.